The van der Waals surface area contributed by atoms with Crippen molar-refractivity contribution in [2.75, 3.05) is 11.9 Å². The lowest BCUT2D eigenvalue weighted by Crippen LogP contribution is -2.43. The SMILES string of the molecule is CC(C)(C)OC(=O)Nc1ccc(-c2ncc(C(=O)N[C@@H](CO)C(=O)O)s2)cc1. The van der Waals surface area contributed by atoms with Gasteiger partial charge in [-0.3, -0.25) is 10.1 Å². The molecule has 10 heteroatoms. The maximum absolute atomic E-state index is 12.1. The molecule has 28 heavy (non-hydrogen) atoms. The van der Waals surface area contributed by atoms with Crippen LogP contribution in [0.1, 0.15) is 30.4 Å². The van der Waals surface area contributed by atoms with Gasteiger partial charge < -0.3 is 20.3 Å². The second-order valence-electron chi connectivity index (χ2n) is 6.78. The van der Waals surface area contributed by atoms with Crippen LogP contribution >= 0.6 is 11.3 Å². The van der Waals surface area contributed by atoms with Crippen LogP contribution in [0.4, 0.5) is 10.5 Å². The predicted molar refractivity (Wildman–Crippen MR) is 103 cm³/mol. The molecular weight excluding hydrogens is 386 g/mol. The second-order valence-corrected chi connectivity index (χ2v) is 7.81. The molecule has 4 N–H and O–H groups in total. The lowest BCUT2D eigenvalue weighted by atomic mass is 10.2. The number of amides is 2. The van der Waals surface area contributed by atoms with Gasteiger partial charge in [0.2, 0.25) is 0 Å². The first-order chi connectivity index (χ1) is 13.1. The highest BCUT2D eigenvalue weighted by atomic mass is 32.1. The average Bonchev–Trinajstić information content (AvgIpc) is 3.08. The Hall–Kier alpha value is -2.98. The molecule has 150 valence electrons. The van der Waals surface area contributed by atoms with Gasteiger partial charge in [0.1, 0.15) is 15.5 Å². The molecule has 0 saturated carbocycles. The third-order valence-electron chi connectivity index (χ3n) is 3.29. The summed E-state index contributed by atoms with van der Waals surface area (Å²) in [6, 6.07) is 5.41. The van der Waals surface area contributed by atoms with Gasteiger partial charge in [-0.1, -0.05) is 0 Å². The minimum atomic E-state index is -1.38. The highest BCUT2D eigenvalue weighted by molar-refractivity contribution is 7.16. The molecule has 1 heterocycles. The highest BCUT2D eigenvalue weighted by Crippen LogP contribution is 2.26. The van der Waals surface area contributed by atoms with Gasteiger partial charge in [0.25, 0.3) is 5.91 Å². The minimum Gasteiger partial charge on any atom is -0.480 e. The zero-order valence-electron chi connectivity index (χ0n) is 15.6. The maximum Gasteiger partial charge on any atom is 0.412 e. The minimum absolute atomic E-state index is 0.214. The van der Waals surface area contributed by atoms with Crippen molar-refractivity contribution in [3.63, 3.8) is 0 Å². The first kappa shape index (κ1) is 21.3. The molecule has 2 amide bonds. The number of anilines is 1. The number of aliphatic hydroxyl groups excluding tert-OH is 1. The van der Waals surface area contributed by atoms with Crippen molar-refractivity contribution in [1.29, 1.82) is 0 Å². The molecule has 0 aliphatic heterocycles. The Morgan fingerprint density at radius 1 is 1.21 bits per heavy atom. The van der Waals surface area contributed by atoms with Crippen molar-refractivity contribution >= 4 is 35.0 Å². The number of carbonyl (C=O) groups excluding carboxylic acids is 2. The Bertz CT molecular complexity index is 857. The Balaban J connectivity index is 2.04. The molecule has 2 rings (SSSR count). The Kier molecular flexibility index (Phi) is 6.71. The third kappa shape index (κ3) is 6.03. The number of aliphatic carboxylic acids is 1. The summed E-state index contributed by atoms with van der Waals surface area (Å²) in [6.45, 7) is 4.60. The smallest absolute Gasteiger partial charge is 0.412 e. The number of aromatic nitrogens is 1. The Labute approximate surface area is 165 Å². The second kappa shape index (κ2) is 8.81. The fourth-order valence-electron chi connectivity index (χ4n) is 2.04. The number of rotatable bonds is 6. The van der Waals surface area contributed by atoms with E-state index in [0.29, 0.717) is 10.7 Å². The van der Waals surface area contributed by atoms with Crippen LogP contribution in [0.2, 0.25) is 0 Å². The van der Waals surface area contributed by atoms with Gasteiger partial charge in [-0.15, -0.1) is 11.3 Å². The van der Waals surface area contributed by atoms with Gasteiger partial charge in [-0.05, 0) is 45.0 Å². The van der Waals surface area contributed by atoms with E-state index in [2.05, 4.69) is 15.6 Å². The van der Waals surface area contributed by atoms with Gasteiger partial charge in [0.05, 0.1) is 12.8 Å². The number of nitrogens with zero attached hydrogens (tertiary/aromatic N) is 1. The van der Waals surface area contributed by atoms with Crippen molar-refractivity contribution in [3.8, 4) is 10.6 Å². The van der Waals surface area contributed by atoms with Crippen molar-refractivity contribution in [3.05, 3.63) is 35.3 Å². The van der Waals surface area contributed by atoms with Gasteiger partial charge >= 0.3 is 12.1 Å². The lowest BCUT2D eigenvalue weighted by Gasteiger charge is -2.19. The zero-order chi connectivity index (χ0) is 20.9. The van der Waals surface area contributed by atoms with Gasteiger partial charge in [0.15, 0.2) is 6.04 Å². The zero-order valence-corrected chi connectivity index (χ0v) is 16.4. The molecule has 0 bridgehead atoms. The number of benzene rings is 1. The number of carbonyl (C=O) groups is 3. The number of aliphatic hydroxyl groups is 1. The van der Waals surface area contributed by atoms with Crippen molar-refractivity contribution in [2.45, 2.75) is 32.4 Å². The van der Waals surface area contributed by atoms with E-state index in [1.807, 2.05) is 0 Å². The van der Waals surface area contributed by atoms with E-state index in [1.165, 1.54) is 6.20 Å². The van der Waals surface area contributed by atoms with E-state index in [9.17, 15) is 14.4 Å². The summed E-state index contributed by atoms with van der Waals surface area (Å²) in [4.78, 5) is 39.1. The standard InChI is InChI=1S/C18H21N3O6S/c1-18(2,3)27-17(26)20-11-6-4-10(5-7-11)15-19-8-13(28-15)14(23)21-12(9-22)16(24)25/h4-8,12,22H,9H2,1-3H3,(H,20,26)(H,21,23)(H,24,25)/t12-/m0/s1. The molecule has 0 radical (unpaired) electrons. The number of carboxylic acid groups (broad SMARTS) is 1. The molecule has 0 fully saturated rings. The molecule has 9 nitrogen and oxygen atoms in total. The van der Waals surface area contributed by atoms with E-state index in [0.717, 1.165) is 16.9 Å². The first-order valence-electron chi connectivity index (χ1n) is 8.30. The number of hydrogen-bond acceptors (Lipinski definition) is 7. The number of thiazole rings is 1. The molecule has 1 atom stereocenters. The molecule has 0 unspecified atom stereocenters. The number of carboxylic acids is 1. The topological polar surface area (TPSA) is 138 Å². The molecule has 0 saturated heterocycles. The van der Waals surface area contributed by atoms with Gasteiger partial charge in [0, 0.05) is 11.3 Å². The summed E-state index contributed by atoms with van der Waals surface area (Å²) in [5, 5.41) is 23.2. The molecule has 0 aliphatic rings. The van der Waals surface area contributed by atoms with Gasteiger partial charge in [-0.2, -0.15) is 0 Å². The lowest BCUT2D eigenvalue weighted by molar-refractivity contribution is -0.140. The van der Waals surface area contributed by atoms with Crippen LogP contribution in [0, 0.1) is 0 Å². The average molecular weight is 407 g/mol. The quantitative estimate of drug-likeness (QED) is 0.576. The van der Waals surface area contributed by atoms with Crippen LogP contribution in [0.3, 0.4) is 0 Å². The van der Waals surface area contributed by atoms with Crippen molar-refractivity contribution in [2.24, 2.45) is 0 Å². The van der Waals surface area contributed by atoms with E-state index < -0.39 is 36.2 Å². The summed E-state index contributed by atoms with van der Waals surface area (Å²) in [6.07, 6.45) is 0.767. The largest absolute Gasteiger partial charge is 0.480 e. The Morgan fingerprint density at radius 3 is 2.39 bits per heavy atom. The van der Waals surface area contributed by atoms with Crippen molar-refractivity contribution in [1.82, 2.24) is 10.3 Å². The van der Waals surface area contributed by atoms with Crippen LogP contribution in [-0.2, 0) is 9.53 Å². The van der Waals surface area contributed by atoms with Crippen LogP contribution in [0.25, 0.3) is 10.6 Å². The molecule has 0 spiro atoms. The molecule has 2 aromatic rings. The summed E-state index contributed by atoms with van der Waals surface area (Å²) < 4.78 is 5.18. The predicted octanol–water partition coefficient (Wildman–Crippen LogP) is 2.33. The van der Waals surface area contributed by atoms with Crippen LogP contribution in [0.5, 0.6) is 0 Å². The van der Waals surface area contributed by atoms with Gasteiger partial charge in [-0.25, -0.2) is 14.6 Å². The normalized spacial score (nSPS) is 12.1. The third-order valence-corrected chi connectivity index (χ3v) is 4.34. The van der Waals surface area contributed by atoms with Crippen LogP contribution in [0.15, 0.2) is 30.5 Å². The van der Waals surface area contributed by atoms with E-state index >= 15 is 0 Å². The van der Waals surface area contributed by atoms with E-state index in [4.69, 9.17) is 14.9 Å². The Morgan fingerprint density at radius 2 is 1.86 bits per heavy atom. The monoisotopic (exact) mass is 407 g/mol. The summed E-state index contributed by atoms with van der Waals surface area (Å²) in [7, 11) is 0. The van der Waals surface area contributed by atoms with Crippen molar-refractivity contribution < 1.29 is 29.3 Å². The summed E-state index contributed by atoms with van der Waals surface area (Å²) >= 11 is 1.08. The van der Waals surface area contributed by atoms with E-state index in [-0.39, 0.29) is 4.88 Å². The molecule has 0 aliphatic carbocycles. The number of nitrogens with one attached hydrogen (secondary N) is 2. The molecule has 1 aromatic carbocycles. The van der Waals surface area contributed by atoms with E-state index in [1.54, 1.807) is 45.0 Å². The first-order valence-corrected chi connectivity index (χ1v) is 9.11. The fourth-order valence-corrected chi connectivity index (χ4v) is 2.87. The maximum atomic E-state index is 12.1. The van der Waals surface area contributed by atoms with Crippen LogP contribution in [-0.4, -0.2) is 51.4 Å². The highest BCUT2D eigenvalue weighted by Gasteiger charge is 2.21. The number of ether oxygens (including phenoxy) is 1. The summed E-state index contributed by atoms with van der Waals surface area (Å²) in [5.41, 5.74) is 0.660. The fraction of sp³-hybridized carbons (Fsp3) is 0.333. The molecular formula is C18H21N3O6S. The molecule has 1 aromatic heterocycles. The number of hydrogen-bond donors (Lipinski definition) is 4. The summed E-state index contributed by atoms with van der Waals surface area (Å²) in [5.74, 6) is -1.96. The van der Waals surface area contributed by atoms with Crippen LogP contribution < -0.4 is 10.6 Å².